The maximum atomic E-state index is 5.99. The molecular weight excluding hydrogens is 260 g/mol. The van der Waals surface area contributed by atoms with Gasteiger partial charge in [0, 0.05) is 38.8 Å². The normalized spacial score (nSPS) is 22.8. The molecule has 0 saturated carbocycles. The molecule has 0 unspecified atom stereocenters. The van der Waals surface area contributed by atoms with Gasteiger partial charge in [0.15, 0.2) is 0 Å². The molecule has 1 saturated heterocycles. The number of benzene rings is 1. The van der Waals surface area contributed by atoms with Crippen LogP contribution in [0.3, 0.4) is 0 Å². The van der Waals surface area contributed by atoms with Crippen LogP contribution >= 0.6 is 0 Å². The van der Waals surface area contributed by atoms with Crippen LogP contribution in [-0.2, 0) is 13.5 Å². The Morgan fingerprint density at radius 3 is 2.71 bits per heavy atom. The van der Waals surface area contributed by atoms with E-state index in [1.165, 1.54) is 11.1 Å². The molecule has 0 bridgehead atoms. The Morgan fingerprint density at radius 2 is 2.05 bits per heavy atom. The van der Waals surface area contributed by atoms with Crippen LogP contribution < -0.4 is 5.73 Å². The summed E-state index contributed by atoms with van der Waals surface area (Å²) in [6.07, 6.45) is 5.13. The molecule has 1 aliphatic rings. The summed E-state index contributed by atoms with van der Waals surface area (Å²) in [7, 11) is 1.97. The number of hydrogen-bond donors (Lipinski definition) is 1. The Bertz CT molecular complexity index is 563. The van der Waals surface area contributed by atoms with Gasteiger partial charge >= 0.3 is 0 Å². The molecule has 4 nitrogen and oxygen atoms in total. The molecule has 1 aromatic heterocycles. The van der Waals surface area contributed by atoms with Crippen LogP contribution in [0.15, 0.2) is 42.7 Å². The molecule has 1 aromatic carbocycles. The van der Waals surface area contributed by atoms with Gasteiger partial charge in [-0.15, -0.1) is 0 Å². The first-order valence-corrected chi connectivity index (χ1v) is 7.71. The zero-order valence-electron chi connectivity index (χ0n) is 12.7. The maximum absolute atomic E-state index is 5.99. The molecule has 21 heavy (non-hydrogen) atoms. The molecule has 0 radical (unpaired) electrons. The van der Waals surface area contributed by atoms with Crippen LogP contribution in [-0.4, -0.2) is 40.9 Å². The Morgan fingerprint density at radius 1 is 1.24 bits per heavy atom. The lowest BCUT2D eigenvalue weighted by Crippen LogP contribution is -2.25. The fourth-order valence-electron chi connectivity index (χ4n) is 3.35. The number of nitrogens with two attached hydrogens (primary N) is 1. The maximum Gasteiger partial charge on any atom is 0.0522 e. The van der Waals surface area contributed by atoms with Crippen LogP contribution in [0.4, 0.5) is 0 Å². The van der Waals surface area contributed by atoms with Crippen molar-refractivity contribution in [1.82, 2.24) is 14.7 Å². The van der Waals surface area contributed by atoms with E-state index in [1.54, 1.807) is 0 Å². The standard InChI is InChI=1S/C17H24N4/c1-20-11-14(10-19-20)7-8-21-12-16(9-18)17(13-21)15-5-3-2-4-6-15/h2-6,10-11,16-17H,7-9,12-13,18H2,1H3/t16-,17+/m1/s1. The van der Waals surface area contributed by atoms with Gasteiger partial charge in [-0.3, -0.25) is 4.68 Å². The third kappa shape index (κ3) is 3.34. The van der Waals surface area contributed by atoms with Crippen LogP contribution in [0.2, 0.25) is 0 Å². The zero-order valence-corrected chi connectivity index (χ0v) is 12.7. The molecule has 3 rings (SSSR count). The van der Waals surface area contributed by atoms with Crippen LogP contribution in [0.25, 0.3) is 0 Å². The molecular formula is C17H24N4. The summed E-state index contributed by atoms with van der Waals surface area (Å²) < 4.78 is 1.87. The number of rotatable bonds is 5. The number of nitrogens with zero attached hydrogens (tertiary/aromatic N) is 3. The van der Waals surface area contributed by atoms with E-state index in [4.69, 9.17) is 5.73 Å². The van der Waals surface area contributed by atoms with Crippen molar-refractivity contribution in [2.45, 2.75) is 12.3 Å². The second-order valence-corrected chi connectivity index (χ2v) is 6.04. The number of aromatic nitrogens is 2. The van der Waals surface area contributed by atoms with Crippen molar-refractivity contribution in [3.05, 3.63) is 53.9 Å². The van der Waals surface area contributed by atoms with Gasteiger partial charge in [-0.2, -0.15) is 5.10 Å². The van der Waals surface area contributed by atoms with Gasteiger partial charge < -0.3 is 10.6 Å². The Hall–Kier alpha value is -1.65. The van der Waals surface area contributed by atoms with E-state index in [1.807, 2.05) is 17.9 Å². The Kier molecular flexibility index (Phi) is 4.36. The lowest BCUT2D eigenvalue weighted by molar-refractivity contribution is 0.328. The van der Waals surface area contributed by atoms with Gasteiger partial charge in [0.05, 0.1) is 6.20 Å². The number of likely N-dealkylation sites (tertiary alicyclic amines) is 1. The van der Waals surface area contributed by atoms with Gasteiger partial charge in [0.1, 0.15) is 0 Å². The molecule has 0 amide bonds. The predicted molar refractivity (Wildman–Crippen MR) is 85.1 cm³/mol. The van der Waals surface area contributed by atoms with E-state index in [9.17, 15) is 0 Å². The molecule has 1 fully saturated rings. The van der Waals surface area contributed by atoms with E-state index in [0.717, 1.165) is 32.6 Å². The molecule has 4 heteroatoms. The van der Waals surface area contributed by atoms with Gasteiger partial charge in [-0.05, 0) is 30.0 Å². The summed E-state index contributed by atoms with van der Waals surface area (Å²) in [4.78, 5) is 2.54. The monoisotopic (exact) mass is 284 g/mol. The van der Waals surface area contributed by atoms with Crippen molar-refractivity contribution >= 4 is 0 Å². The van der Waals surface area contributed by atoms with Gasteiger partial charge in [0.2, 0.25) is 0 Å². The molecule has 0 spiro atoms. The van der Waals surface area contributed by atoms with Crippen LogP contribution in [0, 0.1) is 5.92 Å². The smallest absolute Gasteiger partial charge is 0.0522 e. The first-order valence-electron chi connectivity index (χ1n) is 7.71. The quantitative estimate of drug-likeness (QED) is 0.908. The summed E-state index contributed by atoms with van der Waals surface area (Å²) in [5, 5.41) is 4.23. The van der Waals surface area contributed by atoms with Crippen LogP contribution in [0.5, 0.6) is 0 Å². The second-order valence-electron chi connectivity index (χ2n) is 6.04. The van der Waals surface area contributed by atoms with Gasteiger partial charge in [-0.25, -0.2) is 0 Å². The van der Waals surface area contributed by atoms with Crippen molar-refractivity contribution in [1.29, 1.82) is 0 Å². The first-order chi connectivity index (χ1) is 10.3. The summed E-state index contributed by atoms with van der Waals surface area (Å²) >= 11 is 0. The molecule has 0 aliphatic carbocycles. The van der Waals surface area contributed by atoms with E-state index in [0.29, 0.717) is 11.8 Å². The van der Waals surface area contributed by atoms with Crippen molar-refractivity contribution < 1.29 is 0 Å². The first kappa shape index (κ1) is 14.3. The number of aryl methyl sites for hydroxylation is 1. The number of hydrogen-bond acceptors (Lipinski definition) is 3. The highest BCUT2D eigenvalue weighted by Crippen LogP contribution is 2.31. The highest BCUT2D eigenvalue weighted by atomic mass is 15.2. The summed E-state index contributed by atoms with van der Waals surface area (Å²) in [5.74, 6) is 1.14. The topological polar surface area (TPSA) is 47.1 Å². The average molecular weight is 284 g/mol. The molecule has 1 aliphatic heterocycles. The fraction of sp³-hybridized carbons (Fsp3) is 0.471. The summed E-state index contributed by atoms with van der Waals surface area (Å²) in [6.45, 7) is 4.08. The largest absolute Gasteiger partial charge is 0.330 e. The van der Waals surface area contributed by atoms with E-state index >= 15 is 0 Å². The minimum Gasteiger partial charge on any atom is -0.330 e. The Balaban J connectivity index is 1.61. The lowest BCUT2D eigenvalue weighted by atomic mass is 9.89. The zero-order chi connectivity index (χ0) is 14.7. The SMILES string of the molecule is Cn1cc(CCN2C[C@@H](CN)[C@H](c3ccccc3)C2)cn1. The van der Waals surface area contributed by atoms with Crippen molar-refractivity contribution in [2.75, 3.05) is 26.2 Å². The average Bonchev–Trinajstić information content (AvgIpc) is 3.12. The third-order valence-corrected chi connectivity index (χ3v) is 4.52. The minimum absolute atomic E-state index is 0.571. The fourth-order valence-corrected chi connectivity index (χ4v) is 3.35. The second kappa shape index (κ2) is 6.41. The highest BCUT2D eigenvalue weighted by molar-refractivity contribution is 5.22. The lowest BCUT2D eigenvalue weighted by Gasteiger charge is -2.16. The molecule has 2 aromatic rings. The van der Waals surface area contributed by atoms with Crippen molar-refractivity contribution in [2.24, 2.45) is 18.7 Å². The van der Waals surface area contributed by atoms with Gasteiger partial charge in [0.25, 0.3) is 0 Å². The van der Waals surface area contributed by atoms with E-state index in [2.05, 4.69) is 46.5 Å². The summed E-state index contributed by atoms with van der Waals surface area (Å²) in [5.41, 5.74) is 8.73. The van der Waals surface area contributed by atoms with Crippen molar-refractivity contribution in [3.8, 4) is 0 Å². The molecule has 2 N–H and O–H groups in total. The molecule has 112 valence electrons. The van der Waals surface area contributed by atoms with E-state index < -0.39 is 0 Å². The predicted octanol–water partition coefficient (Wildman–Crippen LogP) is 1.64. The minimum atomic E-state index is 0.571. The van der Waals surface area contributed by atoms with Gasteiger partial charge in [-0.1, -0.05) is 30.3 Å². The molecule has 2 heterocycles. The summed E-state index contributed by atoms with van der Waals surface area (Å²) in [6, 6.07) is 10.8. The van der Waals surface area contributed by atoms with Crippen molar-refractivity contribution in [3.63, 3.8) is 0 Å². The van der Waals surface area contributed by atoms with E-state index in [-0.39, 0.29) is 0 Å². The highest BCUT2D eigenvalue weighted by Gasteiger charge is 2.32. The molecule has 2 atom stereocenters. The third-order valence-electron chi connectivity index (χ3n) is 4.52. The van der Waals surface area contributed by atoms with Crippen LogP contribution in [0.1, 0.15) is 17.0 Å². The Labute approximate surface area is 126 Å².